The van der Waals surface area contributed by atoms with Gasteiger partial charge in [0.15, 0.2) is 0 Å². The number of nitrogens with two attached hydrogens (primary N) is 1. The fourth-order valence-corrected chi connectivity index (χ4v) is 0.921. The summed E-state index contributed by atoms with van der Waals surface area (Å²) >= 11 is 0. The van der Waals surface area contributed by atoms with E-state index in [1.807, 2.05) is 10.8 Å². The molecule has 0 fully saturated rings. The minimum atomic E-state index is 0.151. The van der Waals surface area contributed by atoms with Crippen molar-refractivity contribution in [3.63, 3.8) is 0 Å². The van der Waals surface area contributed by atoms with Gasteiger partial charge in [-0.2, -0.15) is 0 Å². The van der Waals surface area contributed by atoms with E-state index in [1.54, 1.807) is 6.33 Å². The smallest absolute Gasteiger partial charge is 0.0950 e. The van der Waals surface area contributed by atoms with Crippen molar-refractivity contribution >= 4 is 0 Å². The van der Waals surface area contributed by atoms with Crippen LogP contribution >= 0.6 is 0 Å². The van der Waals surface area contributed by atoms with E-state index in [9.17, 15) is 0 Å². The van der Waals surface area contributed by atoms with E-state index < -0.39 is 0 Å². The molecule has 0 aromatic carbocycles. The lowest BCUT2D eigenvalue weighted by molar-refractivity contribution is 0.276. The summed E-state index contributed by atoms with van der Waals surface area (Å²) in [7, 11) is 0. The molecule has 0 spiro atoms. The molecule has 0 atom stereocenters. The molecule has 0 aliphatic heterocycles. The molecule has 0 bridgehead atoms. The standard InChI is InChI=1S/C7H13N3O/c8-2-1-7-5-10(3-4-11)6-9-7/h5-6,11H,1-4,8H2. The molecule has 1 rings (SSSR count). The molecule has 0 aliphatic carbocycles. The average Bonchev–Trinajstić information content (AvgIpc) is 2.38. The van der Waals surface area contributed by atoms with Crippen LogP contribution in [0.15, 0.2) is 12.5 Å². The highest BCUT2D eigenvalue weighted by molar-refractivity contribution is 4.96. The molecule has 1 aromatic heterocycles. The second-order valence-electron chi connectivity index (χ2n) is 2.37. The van der Waals surface area contributed by atoms with E-state index >= 15 is 0 Å². The number of rotatable bonds is 4. The Balaban J connectivity index is 2.51. The van der Waals surface area contributed by atoms with Crippen LogP contribution in [0.1, 0.15) is 5.69 Å². The monoisotopic (exact) mass is 155 g/mol. The maximum atomic E-state index is 8.59. The van der Waals surface area contributed by atoms with Gasteiger partial charge >= 0.3 is 0 Å². The summed E-state index contributed by atoms with van der Waals surface area (Å²) < 4.78 is 1.85. The molecular weight excluding hydrogens is 142 g/mol. The molecule has 1 aromatic rings. The summed E-state index contributed by atoms with van der Waals surface area (Å²) in [4.78, 5) is 4.10. The summed E-state index contributed by atoms with van der Waals surface area (Å²) in [5.41, 5.74) is 6.33. The van der Waals surface area contributed by atoms with Crippen LogP contribution in [0, 0.1) is 0 Å². The van der Waals surface area contributed by atoms with Crippen LogP contribution in [0.3, 0.4) is 0 Å². The minimum absolute atomic E-state index is 0.151. The van der Waals surface area contributed by atoms with E-state index in [-0.39, 0.29) is 6.61 Å². The van der Waals surface area contributed by atoms with Crippen LogP contribution in [0.5, 0.6) is 0 Å². The molecule has 4 nitrogen and oxygen atoms in total. The predicted molar refractivity (Wildman–Crippen MR) is 42.1 cm³/mol. The van der Waals surface area contributed by atoms with Gasteiger partial charge in [0.25, 0.3) is 0 Å². The van der Waals surface area contributed by atoms with Crippen molar-refractivity contribution in [2.45, 2.75) is 13.0 Å². The van der Waals surface area contributed by atoms with E-state index in [4.69, 9.17) is 10.8 Å². The highest BCUT2D eigenvalue weighted by atomic mass is 16.3. The van der Waals surface area contributed by atoms with Crippen LogP contribution in [-0.4, -0.2) is 27.8 Å². The lowest BCUT2D eigenvalue weighted by atomic mass is 10.3. The molecule has 0 aliphatic rings. The Kier molecular flexibility index (Phi) is 3.07. The molecule has 0 radical (unpaired) electrons. The zero-order chi connectivity index (χ0) is 8.10. The van der Waals surface area contributed by atoms with Crippen molar-refractivity contribution in [1.29, 1.82) is 0 Å². The summed E-state index contributed by atoms with van der Waals surface area (Å²) in [6, 6.07) is 0. The van der Waals surface area contributed by atoms with Gasteiger partial charge in [0.2, 0.25) is 0 Å². The fourth-order valence-electron chi connectivity index (χ4n) is 0.921. The zero-order valence-electron chi connectivity index (χ0n) is 6.40. The Hall–Kier alpha value is -0.870. The first-order chi connectivity index (χ1) is 5.36. The van der Waals surface area contributed by atoms with Gasteiger partial charge in [-0.1, -0.05) is 0 Å². The fraction of sp³-hybridized carbons (Fsp3) is 0.571. The van der Waals surface area contributed by atoms with Gasteiger partial charge in [-0.05, 0) is 6.54 Å². The molecule has 0 unspecified atom stereocenters. The lowest BCUT2D eigenvalue weighted by Gasteiger charge is -1.94. The van der Waals surface area contributed by atoms with Crippen molar-refractivity contribution < 1.29 is 5.11 Å². The Morgan fingerprint density at radius 1 is 1.64 bits per heavy atom. The van der Waals surface area contributed by atoms with Gasteiger partial charge in [0.05, 0.1) is 18.6 Å². The molecule has 1 heterocycles. The largest absolute Gasteiger partial charge is 0.395 e. The zero-order valence-corrected chi connectivity index (χ0v) is 6.40. The van der Waals surface area contributed by atoms with E-state index in [0.29, 0.717) is 13.1 Å². The van der Waals surface area contributed by atoms with E-state index in [0.717, 1.165) is 12.1 Å². The number of nitrogens with zero attached hydrogens (tertiary/aromatic N) is 2. The van der Waals surface area contributed by atoms with Crippen LogP contribution in [0.2, 0.25) is 0 Å². The van der Waals surface area contributed by atoms with Crippen molar-refractivity contribution in [1.82, 2.24) is 9.55 Å². The molecule has 3 N–H and O–H groups in total. The first-order valence-corrected chi connectivity index (χ1v) is 3.68. The third kappa shape index (κ3) is 2.32. The number of hydrogen-bond donors (Lipinski definition) is 2. The molecule has 0 saturated heterocycles. The van der Waals surface area contributed by atoms with Gasteiger partial charge in [0.1, 0.15) is 0 Å². The van der Waals surface area contributed by atoms with Crippen molar-refractivity contribution in [2.75, 3.05) is 13.2 Å². The number of aliphatic hydroxyl groups is 1. The highest BCUT2D eigenvalue weighted by Crippen LogP contribution is 1.95. The van der Waals surface area contributed by atoms with E-state index in [1.165, 1.54) is 0 Å². The molecule has 11 heavy (non-hydrogen) atoms. The summed E-state index contributed by atoms with van der Waals surface area (Å²) in [6.07, 6.45) is 4.42. The Labute approximate surface area is 65.7 Å². The van der Waals surface area contributed by atoms with Gasteiger partial charge in [-0.3, -0.25) is 0 Å². The lowest BCUT2D eigenvalue weighted by Crippen LogP contribution is -2.03. The Morgan fingerprint density at radius 2 is 2.45 bits per heavy atom. The SMILES string of the molecule is NCCc1cn(CCO)cn1. The number of imidazole rings is 1. The summed E-state index contributed by atoms with van der Waals surface area (Å²) in [5, 5.41) is 8.59. The highest BCUT2D eigenvalue weighted by Gasteiger charge is 1.95. The van der Waals surface area contributed by atoms with Gasteiger partial charge in [-0.15, -0.1) is 0 Å². The normalized spacial score (nSPS) is 10.4. The van der Waals surface area contributed by atoms with Crippen LogP contribution < -0.4 is 5.73 Å². The maximum absolute atomic E-state index is 8.59. The Morgan fingerprint density at radius 3 is 3.09 bits per heavy atom. The second kappa shape index (κ2) is 4.10. The molecule has 4 heteroatoms. The summed E-state index contributed by atoms with van der Waals surface area (Å²) in [6.45, 7) is 1.38. The first kappa shape index (κ1) is 8.23. The van der Waals surface area contributed by atoms with Gasteiger partial charge in [0, 0.05) is 19.2 Å². The topological polar surface area (TPSA) is 64.1 Å². The predicted octanol–water partition coefficient (Wildman–Crippen LogP) is -0.623. The number of aliphatic hydroxyl groups excluding tert-OH is 1. The first-order valence-electron chi connectivity index (χ1n) is 3.68. The molecule has 0 saturated carbocycles. The van der Waals surface area contributed by atoms with Crippen molar-refractivity contribution in [3.8, 4) is 0 Å². The molecular formula is C7H13N3O. The number of hydrogen-bond acceptors (Lipinski definition) is 3. The number of aromatic nitrogens is 2. The third-order valence-corrected chi connectivity index (χ3v) is 1.45. The quantitative estimate of drug-likeness (QED) is 0.609. The maximum Gasteiger partial charge on any atom is 0.0950 e. The minimum Gasteiger partial charge on any atom is -0.395 e. The Bertz CT molecular complexity index is 189. The average molecular weight is 155 g/mol. The van der Waals surface area contributed by atoms with Crippen LogP contribution in [-0.2, 0) is 13.0 Å². The third-order valence-electron chi connectivity index (χ3n) is 1.45. The second-order valence-corrected chi connectivity index (χ2v) is 2.37. The summed E-state index contributed by atoms with van der Waals surface area (Å²) in [5.74, 6) is 0. The van der Waals surface area contributed by atoms with Crippen molar-refractivity contribution in [2.24, 2.45) is 5.73 Å². The van der Waals surface area contributed by atoms with Gasteiger partial charge in [-0.25, -0.2) is 4.98 Å². The van der Waals surface area contributed by atoms with Gasteiger partial charge < -0.3 is 15.4 Å². The van der Waals surface area contributed by atoms with E-state index in [2.05, 4.69) is 4.98 Å². The van der Waals surface area contributed by atoms with Crippen LogP contribution in [0.4, 0.5) is 0 Å². The molecule has 62 valence electrons. The van der Waals surface area contributed by atoms with Crippen LogP contribution in [0.25, 0.3) is 0 Å². The molecule has 0 amide bonds. The van der Waals surface area contributed by atoms with Crippen molar-refractivity contribution in [3.05, 3.63) is 18.2 Å².